The summed E-state index contributed by atoms with van der Waals surface area (Å²) in [7, 11) is 1.66. The predicted octanol–water partition coefficient (Wildman–Crippen LogP) is 3.41. The number of benzene rings is 1. The summed E-state index contributed by atoms with van der Waals surface area (Å²) < 4.78 is 5.17. The number of ether oxygens (including phenoxy) is 1. The maximum Gasteiger partial charge on any atom is 0.225 e. The lowest BCUT2D eigenvalue weighted by molar-refractivity contribution is 0.414. The minimum atomic E-state index is 0.598. The zero-order valence-electron chi connectivity index (χ0n) is 14.4. The molecule has 0 radical (unpaired) electrons. The molecule has 6 nitrogen and oxygen atoms in total. The number of nitrogens with zero attached hydrogens (tertiary/aromatic N) is 3. The molecule has 128 valence electrons. The van der Waals surface area contributed by atoms with Crippen LogP contribution in [0.4, 0.5) is 11.8 Å². The van der Waals surface area contributed by atoms with E-state index in [1.54, 1.807) is 13.3 Å². The molecule has 6 heteroatoms. The van der Waals surface area contributed by atoms with Gasteiger partial charge in [-0.05, 0) is 36.2 Å². The maximum absolute atomic E-state index is 5.17. The third kappa shape index (κ3) is 4.91. The first-order chi connectivity index (χ1) is 12.2. The Morgan fingerprint density at radius 3 is 2.48 bits per heavy atom. The quantitative estimate of drug-likeness (QED) is 0.689. The molecule has 2 N–H and O–H groups in total. The number of aromatic nitrogens is 3. The van der Waals surface area contributed by atoms with Crippen LogP contribution in [0.2, 0.25) is 0 Å². The Kier molecular flexibility index (Phi) is 5.41. The Morgan fingerprint density at radius 2 is 1.76 bits per heavy atom. The maximum atomic E-state index is 5.17. The molecule has 0 saturated carbocycles. The molecular weight excluding hydrogens is 314 g/mol. The minimum absolute atomic E-state index is 0.598. The van der Waals surface area contributed by atoms with Crippen LogP contribution in [-0.2, 0) is 13.1 Å². The summed E-state index contributed by atoms with van der Waals surface area (Å²) in [4.78, 5) is 13.1. The SMILES string of the molecule is COc1ccc(CNc2cc(C)nc(NCc3cccnc3)n2)cc1. The number of methoxy groups -OCH3 is 1. The van der Waals surface area contributed by atoms with Crippen LogP contribution in [-0.4, -0.2) is 22.1 Å². The van der Waals surface area contributed by atoms with Crippen LogP contribution in [0, 0.1) is 6.92 Å². The smallest absolute Gasteiger partial charge is 0.225 e. The van der Waals surface area contributed by atoms with E-state index in [1.165, 1.54) is 0 Å². The molecule has 0 bridgehead atoms. The van der Waals surface area contributed by atoms with Crippen molar-refractivity contribution in [2.45, 2.75) is 20.0 Å². The lowest BCUT2D eigenvalue weighted by Gasteiger charge is -2.10. The van der Waals surface area contributed by atoms with Crippen molar-refractivity contribution in [3.05, 3.63) is 71.7 Å². The first-order valence-corrected chi connectivity index (χ1v) is 8.08. The van der Waals surface area contributed by atoms with Crippen LogP contribution < -0.4 is 15.4 Å². The van der Waals surface area contributed by atoms with Gasteiger partial charge in [0.25, 0.3) is 0 Å². The van der Waals surface area contributed by atoms with E-state index in [0.717, 1.165) is 28.4 Å². The fourth-order valence-corrected chi connectivity index (χ4v) is 2.36. The van der Waals surface area contributed by atoms with E-state index < -0.39 is 0 Å². The number of rotatable bonds is 7. The summed E-state index contributed by atoms with van der Waals surface area (Å²) in [5.74, 6) is 2.24. The van der Waals surface area contributed by atoms with Gasteiger partial charge in [0.05, 0.1) is 7.11 Å². The van der Waals surface area contributed by atoms with E-state index >= 15 is 0 Å². The van der Waals surface area contributed by atoms with Crippen LogP contribution in [0.3, 0.4) is 0 Å². The van der Waals surface area contributed by atoms with Gasteiger partial charge in [-0.1, -0.05) is 18.2 Å². The first kappa shape index (κ1) is 16.7. The van der Waals surface area contributed by atoms with E-state index in [9.17, 15) is 0 Å². The number of hydrogen-bond acceptors (Lipinski definition) is 6. The van der Waals surface area contributed by atoms with Crippen molar-refractivity contribution >= 4 is 11.8 Å². The summed E-state index contributed by atoms with van der Waals surface area (Å²) >= 11 is 0. The van der Waals surface area contributed by atoms with Crippen molar-refractivity contribution in [1.82, 2.24) is 15.0 Å². The lowest BCUT2D eigenvalue weighted by atomic mass is 10.2. The number of hydrogen-bond donors (Lipinski definition) is 2. The number of pyridine rings is 1. The molecule has 0 aliphatic rings. The van der Waals surface area contributed by atoms with Gasteiger partial charge in [-0.3, -0.25) is 4.98 Å². The number of aryl methyl sites for hydroxylation is 1. The van der Waals surface area contributed by atoms with Crippen LogP contribution in [0.25, 0.3) is 0 Å². The normalized spacial score (nSPS) is 10.3. The van der Waals surface area contributed by atoms with Crippen LogP contribution in [0.15, 0.2) is 54.9 Å². The number of nitrogens with one attached hydrogen (secondary N) is 2. The molecule has 0 aliphatic heterocycles. The first-order valence-electron chi connectivity index (χ1n) is 8.08. The Labute approximate surface area is 147 Å². The largest absolute Gasteiger partial charge is 0.497 e. The molecule has 0 amide bonds. The van der Waals surface area contributed by atoms with Crippen molar-refractivity contribution in [2.75, 3.05) is 17.7 Å². The van der Waals surface area contributed by atoms with E-state index in [4.69, 9.17) is 4.74 Å². The second kappa shape index (κ2) is 8.10. The highest BCUT2D eigenvalue weighted by Gasteiger charge is 2.03. The Hall–Kier alpha value is -3.15. The summed E-state index contributed by atoms with van der Waals surface area (Å²) in [6.45, 7) is 3.27. The molecule has 2 heterocycles. The van der Waals surface area contributed by atoms with Gasteiger partial charge < -0.3 is 15.4 Å². The highest BCUT2D eigenvalue weighted by atomic mass is 16.5. The van der Waals surface area contributed by atoms with Gasteiger partial charge >= 0.3 is 0 Å². The Balaban J connectivity index is 1.62. The van der Waals surface area contributed by atoms with Gasteiger partial charge in [0.1, 0.15) is 11.6 Å². The highest BCUT2D eigenvalue weighted by molar-refractivity contribution is 5.43. The predicted molar refractivity (Wildman–Crippen MR) is 98.7 cm³/mol. The summed E-state index contributed by atoms with van der Waals surface area (Å²) in [6, 6.07) is 13.8. The fraction of sp³-hybridized carbons (Fsp3) is 0.211. The average Bonchev–Trinajstić information content (AvgIpc) is 2.66. The van der Waals surface area contributed by atoms with E-state index in [-0.39, 0.29) is 0 Å². The minimum Gasteiger partial charge on any atom is -0.497 e. The zero-order chi connectivity index (χ0) is 17.5. The summed E-state index contributed by atoms with van der Waals surface area (Å²) in [5, 5.41) is 6.57. The molecule has 0 saturated heterocycles. The zero-order valence-corrected chi connectivity index (χ0v) is 14.4. The summed E-state index contributed by atoms with van der Waals surface area (Å²) in [5.41, 5.74) is 3.14. The van der Waals surface area contributed by atoms with Gasteiger partial charge in [-0.25, -0.2) is 4.98 Å². The van der Waals surface area contributed by atoms with Gasteiger partial charge in [0.2, 0.25) is 5.95 Å². The monoisotopic (exact) mass is 335 g/mol. The molecule has 0 aliphatic carbocycles. The lowest BCUT2D eigenvalue weighted by Crippen LogP contribution is -2.08. The molecule has 0 unspecified atom stereocenters. The molecule has 0 spiro atoms. The van der Waals surface area contributed by atoms with Crippen LogP contribution >= 0.6 is 0 Å². The van der Waals surface area contributed by atoms with Crippen molar-refractivity contribution < 1.29 is 4.74 Å². The van der Waals surface area contributed by atoms with E-state index in [2.05, 4.69) is 25.6 Å². The fourth-order valence-electron chi connectivity index (χ4n) is 2.36. The standard InChI is InChI=1S/C19H21N5O/c1-14-10-18(21-12-15-5-7-17(25-2)8-6-15)24-19(23-14)22-13-16-4-3-9-20-11-16/h3-11H,12-13H2,1-2H3,(H2,21,22,23,24). The van der Waals surface area contributed by atoms with Crippen molar-refractivity contribution in [3.8, 4) is 5.75 Å². The second-order valence-corrected chi connectivity index (χ2v) is 5.63. The molecule has 0 atom stereocenters. The van der Waals surface area contributed by atoms with Crippen molar-refractivity contribution in [1.29, 1.82) is 0 Å². The molecule has 3 rings (SSSR count). The molecule has 1 aromatic carbocycles. The third-order valence-corrected chi connectivity index (χ3v) is 3.66. The third-order valence-electron chi connectivity index (χ3n) is 3.66. The van der Waals surface area contributed by atoms with E-state index in [0.29, 0.717) is 19.0 Å². The average molecular weight is 335 g/mol. The Bertz CT molecular complexity index is 806. The van der Waals surface area contributed by atoms with Crippen LogP contribution in [0.1, 0.15) is 16.8 Å². The van der Waals surface area contributed by atoms with Gasteiger partial charge in [0.15, 0.2) is 0 Å². The topological polar surface area (TPSA) is 72.0 Å². The molecule has 2 aromatic heterocycles. The molecule has 25 heavy (non-hydrogen) atoms. The molecule has 0 fully saturated rings. The van der Waals surface area contributed by atoms with Gasteiger partial charge in [-0.15, -0.1) is 0 Å². The van der Waals surface area contributed by atoms with Crippen molar-refractivity contribution in [2.24, 2.45) is 0 Å². The molecule has 3 aromatic rings. The summed E-state index contributed by atoms with van der Waals surface area (Å²) in [6.07, 6.45) is 3.58. The highest BCUT2D eigenvalue weighted by Crippen LogP contribution is 2.14. The second-order valence-electron chi connectivity index (χ2n) is 5.63. The van der Waals surface area contributed by atoms with Crippen molar-refractivity contribution in [3.63, 3.8) is 0 Å². The Morgan fingerprint density at radius 1 is 0.960 bits per heavy atom. The van der Waals surface area contributed by atoms with Gasteiger partial charge in [-0.2, -0.15) is 4.98 Å². The number of anilines is 2. The van der Waals surface area contributed by atoms with E-state index in [1.807, 2.05) is 55.6 Å². The van der Waals surface area contributed by atoms with Gasteiger partial charge in [0, 0.05) is 37.2 Å². The van der Waals surface area contributed by atoms with Crippen LogP contribution in [0.5, 0.6) is 5.75 Å². The molecular formula is C19H21N5O.